The minimum absolute atomic E-state index is 0.206. The topological polar surface area (TPSA) is 45.8 Å². The van der Waals surface area contributed by atoms with Crippen LogP contribution in [0.4, 0.5) is 4.39 Å². The van der Waals surface area contributed by atoms with Crippen molar-refractivity contribution in [1.82, 2.24) is 9.97 Å². The molecule has 1 aromatic carbocycles. The number of halogens is 1. The van der Waals surface area contributed by atoms with Gasteiger partial charge >= 0.3 is 0 Å². The van der Waals surface area contributed by atoms with Crippen LogP contribution < -0.4 is 5.56 Å². The molecule has 0 saturated heterocycles. The van der Waals surface area contributed by atoms with Gasteiger partial charge in [-0.15, -0.1) is 0 Å². The average Bonchev–Trinajstić information content (AvgIpc) is 2.28. The van der Waals surface area contributed by atoms with E-state index in [4.69, 9.17) is 0 Å². The summed E-state index contributed by atoms with van der Waals surface area (Å²) in [7, 11) is 0. The maximum absolute atomic E-state index is 13.1. The van der Waals surface area contributed by atoms with Crippen molar-refractivity contribution in [3.8, 4) is 11.4 Å². The van der Waals surface area contributed by atoms with Crippen molar-refractivity contribution in [3.63, 3.8) is 0 Å². The molecule has 0 amide bonds. The summed E-state index contributed by atoms with van der Waals surface area (Å²) < 4.78 is 13.1. The molecule has 88 valence electrons. The van der Waals surface area contributed by atoms with Gasteiger partial charge in [-0.2, -0.15) is 0 Å². The minimum Gasteiger partial charge on any atom is -0.307 e. The zero-order valence-corrected chi connectivity index (χ0v) is 9.53. The Morgan fingerprint density at radius 3 is 2.88 bits per heavy atom. The molecule has 0 atom stereocenters. The number of hydrogen-bond donors (Lipinski definition) is 1. The van der Waals surface area contributed by atoms with Crippen molar-refractivity contribution in [2.45, 2.75) is 19.8 Å². The highest BCUT2D eigenvalue weighted by Crippen LogP contribution is 2.15. The van der Waals surface area contributed by atoms with Crippen LogP contribution in [0.15, 0.2) is 35.1 Å². The molecular weight excluding hydrogens is 219 g/mol. The van der Waals surface area contributed by atoms with E-state index in [0.717, 1.165) is 18.5 Å². The Morgan fingerprint density at radius 1 is 1.35 bits per heavy atom. The fourth-order valence-electron chi connectivity index (χ4n) is 1.66. The fraction of sp³-hybridized carbons (Fsp3) is 0.231. The van der Waals surface area contributed by atoms with Crippen molar-refractivity contribution in [1.29, 1.82) is 0 Å². The SMILES string of the molecule is CCCc1cc(=O)[nH]c(-c2cccc(F)c2)n1. The minimum atomic E-state index is -0.342. The number of H-pyrrole nitrogens is 1. The lowest BCUT2D eigenvalue weighted by atomic mass is 10.2. The van der Waals surface area contributed by atoms with Gasteiger partial charge in [0.15, 0.2) is 0 Å². The quantitative estimate of drug-likeness (QED) is 0.883. The summed E-state index contributed by atoms with van der Waals surface area (Å²) in [4.78, 5) is 18.4. The van der Waals surface area contributed by atoms with E-state index >= 15 is 0 Å². The highest BCUT2D eigenvalue weighted by Gasteiger charge is 2.04. The molecule has 3 nitrogen and oxygen atoms in total. The lowest BCUT2D eigenvalue weighted by molar-refractivity contribution is 0.628. The monoisotopic (exact) mass is 232 g/mol. The van der Waals surface area contributed by atoms with E-state index in [9.17, 15) is 9.18 Å². The first-order valence-electron chi connectivity index (χ1n) is 5.55. The van der Waals surface area contributed by atoms with Crippen LogP contribution in [-0.4, -0.2) is 9.97 Å². The van der Waals surface area contributed by atoms with Crippen LogP contribution >= 0.6 is 0 Å². The lowest BCUT2D eigenvalue weighted by Crippen LogP contribution is -2.10. The molecule has 0 fully saturated rings. The van der Waals surface area contributed by atoms with E-state index in [1.165, 1.54) is 18.2 Å². The van der Waals surface area contributed by atoms with Crippen LogP contribution in [0.1, 0.15) is 19.0 Å². The Morgan fingerprint density at radius 2 is 2.18 bits per heavy atom. The Bertz CT molecular complexity index is 578. The summed E-state index contributed by atoms with van der Waals surface area (Å²) in [5.74, 6) is 0.0755. The van der Waals surface area contributed by atoms with Gasteiger partial charge in [0.2, 0.25) is 0 Å². The van der Waals surface area contributed by atoms with E-state index in [0.29, 0.717) is 11.4 Å². The second-order valence-corrected chi connectivity index (χ2v) is 3.85. The van der Waals surface area contributed by atoms with Gasteiger partial charge in [0, 0.05) is 17.3 Å². The number of hydrogen-bond acceptors (Lipinski definition) is 2. The standard InChI is InChI=1S/C13H13FN2O/c1-2-4-11-8-12(17)16-13(15-11)9-5-3-6-10(14)7-9/h3,5-8H,2,4H2,1H3,(H,15,16,17). The molecule has 0 saturated carbocycles. The van der Waals surface area contributed by atoms with Crippen molar-refractivity contribution < 1.29 is 4.39 Å². The highest BCUT2D eigenvalue weighted by atomic mass is 19.1. The van der Waals surface area contributed by atoms with Crippen molar-refractivity contribution >= 4 is 0 Å². The molecule has 0 unspecified atom stereocenters. The van der Waals surface area contributed by atoms with Crippen molar-refractivity contribution in [2.24, 2.45) is 0 Å². The maximum atomic E-state index is 13.1. The molecule has 4 heteroatoms. The number of nitrogens with zero attached hydrogens (tertiary/aromatic N) is 1. The molecular formula is C13H13FN2O. The Balaban J connectivity index is 2.48. The molecule has 2 aromatic rings. The first kappa shape index (κ1) is 11.5. The molecule has 0 radical (unpaired) electrons. The van der Waals surface area contributed by atoms with Crippen LogP contribution in [0.25, 0.3) is 11.4 Å². The zero-order chi connectivity index (χ0) is 12.3. The van der Waals surface area contributed by atoms with Crippen LogP contribution in [0, 0.1) is 5.82 Å². The number of aromatic amines is 1. The molecule has 17 heavy (non-hydrogen) atoms. The van der Waals surface area contributed by atoms with Gasteiger partial charge in [-0.3, -0.25) is 4.79 Å². The predicted octanol–water partition coefficient (Wildman–Crippen LogP) is 2.53. The number of nitrogens with one attached hydrogen (secondary N) is 1. The van der Waals surface area contributed by atoms with Gasteiger partial charge in [0.05, 0.1) is 0 Å². The molecule has 1 N–H and O–H groups in total. The number of rotatable bonds is 3. The third-order valence-corrected chi connectivity index (χ3v) is 2.40. The summed E-state index contributed by atoms with van der Waals surface area (Å²) in [6, 6.07) is 7.51. The van der Waals surface area contributed by atoms with E-state index in [1.54, 1.807) is 12.1 Å². The van der Waals surface area contributed by atoms with Crippen LogP contribution in [0.5, 0.6) is 0 Å². The first-order chi connectivity index (χ1) is 8.19. The molecule has 0 aliphatic rings. The summed E-state index contributed by atoms with van der Waals surface area (Å²) in [6.45, 7) is 2.02. The second-order valence-electron chi connectivity index (χ2n) is 3.85. The van der Waals surface area contributed by atoms with Gasteiger partial charge in [-0.05, 0) is 18.6 Å². The molecule has 0 spiro atoms. The molecule has 1 aromatic heterocycles. The molecule has 0 bridgehead atoms. The summed E-state index contributed by atoms with van der Waals surface area (Å²) in [5.41, 5.74) is 1.11. The maximum Gasteiger partial charge on any atom is 0.251 e. The predicted molar refractivity (Wildman–Crippen MR) is 64.2 cm³/mol. The molecule has 2 rings (SSSR count). The van der Waals surface area contributed by atoms with Crippen LogP contribution in [-0.2, 0) is 6.42 Å². The second kappa shape index (κ2) is 4.91. The van der Waals surface area contributed by atoms with Crippen LogP contribution in [0.2, 0.25) is 0 Å². The van der Waals surface area contributed by atoms with E-state index in [1.807, 2.05) is 6.92 Å². The first-order valence-corrected chi connectivity index (χ1v) is 5.55. The average molecular weight is 232 g/mol. The zero-order valence-electron chi connectivity index (χ0n) is 9.53. The van der Waals surface area contributed by atoms with Gasteiger partial charge in [0.1, 0.15) is 11.6 Å². The van der Waals surface area contributed by atoms with Crippen molar-refractivity contribution in [3.05, 3.63) is 52.2 Å². The summed E-state index contributed by atoms with van der Waals surface area (Å²) in [6.07, 6.45) is 1.66. The number of aryl methyl sites for hydroxylation is 1. The van der Waals surface area contributed by atoms with Gasteiger partial charge in [0.25, 0.3) is 5.56 Å². The number of benzene rings is 1. The normalized spacial score (nSPS) is 10.5. The Labute approximate surface area is 98.3 Å². The lowest BCUT2D eigenvalue weighted by Gasteiger charge is -2.03. The third kappa shape index (κ3) is 2.78. The summed E-state index contributed by atoms with van der Waals surface area (Å²) in [5, 5.41) is 0. The fourth-order valence-corrected chi connectivity index (χ4v) is 1.66. The Hall–Kier alpha value is -1.97. The van der Waals surface area contributed by atoms with Crippen LogP contribution in [0.3, 0.4) is 0 Å². The third-order valence-electron chi connectivity index (χ3n) is 2.40. The van der Waals surface area contributed by atoms with Gasteiger partial charge in [-0.25, -0.2) is 9.37 Å². The van der Waals surface area contributed by atoms with E-state index in [-0.39, 0.29) is 11.4 Å². The molecule has 0 aliphatic heterocycles. The smallest absolute Gasteiger partial charge is 0.251 e. The number of aromatic nitrogens is 2. The Kier molecular flexibility index (Phi) is 3.32. The van der Waals surface area contributed by atoms with Crippen molar-refractivity contribution in [2.75, 3.05) is 0 Å². The molecule has 1 heterocycles. The van der Waals surface area contributed by atoms with Gasteiger partial charge < -0.3 is 4.98 Å². The molecule has 0 aliphatic carbocycles. The van der Waals surface area contributed by atoms with E-state index < -0.39 is 0 Å². The largest absolute Gasteiger partial charge is 0.307 e. The highest BCUT2D eigenvalue weighted by molar-refractivity contribution is 5.54. The summed E-state index contributed by atoms with van der Waals surface area (Å²) >= 11 is 0. The van der Waals surface area contributed by atoms with Gasteiger partial charge in [-0.1, -0.05) is 25.5 Å². The van der Waals surface area contributed by atoms with E-state index in [2.05, 4.69) is 9.97 Å².